The Bertz CT molecular complexity index is 408. The van der Waals surface area contributed by atoms with E-state index >= 15 is 0 Å². The van der Waals surface area contributed by atoms with Gasteiger partial charge in [-0.1, -0.05) is 29.9 Å². The minimum atomic E-state index is -0.416. The number of ether oxygens (including phenoxy) is 1. The van der Waals surface area contributed by atoms with Gasteiger partial charge in [0, 0.05) is 13.1 Å². The number of thiazole rings is 1. The zero-order valence-corrected chi connectivity index (χ0v) is 10.8. The molecule has 1 atom stereocenters. The SMILES string of the molecule is COC(=O)c1sc(N2CCC(C)C2)nc1Cl. The second kappa shape index (κ2) is 4.59. The number of carbonyl (C=O) groups excluding carboxylic acids is 1. The van der Waals surface area contributed by atoms with Crippen molar-refractivity contribution >= 4 is 34.0 Å². The largest absolute Gasteiger partial charge is 0.465 e. The van der Waals surface area contributed by atoms with E-state index in [1.165, 1.54) is 18.4 Å². The summed E-state index contributed by atoms with van der Waals surface area (Å²) in [6, 6.07) is 0. The number of rotatable bonds is 2. The van der Waals surface area contributed by atoms with Crippen LogP contribution in [-0.4, -0.2) is 31.2 Å². The molecule has 1 fully saturated rings. The number of aromatic nitrogens is 1. The van der Waals surface area contributed by atoms with E-state index in [1.807, 2.05) is 0 Å². The second-order valence-electron chi connectivity index (χ2n) is 3.95. The molecule has 1 aromatic heterocycles. The standard InChI is InChI=1S/C10H13ClN2O2S/c1-6-3-4-13(5-6)10-12-8(11)7(16-10)9(14)15-2/h6H,3-5H2,1-2H3. The molecule has 1 unspecified atom stereocenters. The van der Waals surface area contributed by atoms with Gasteiger partial charge < -0.3 is 9.64 Å². The molecule has 0 spiro atoms. The topological polar surface area (TPSA) is 42.4 Å². The quantitative estimate of drug-likeness (QED) is 0.766. The maximum atomic E-state index is 11.4. The van der Waals surface area contributed by atoms with Crippen molar-refractivity contribution in [2.24, 2.45) is 5.92 Å². The van der Waals surface area contributed by atoms with Gasteiger partial charge in [0.05, 0.1) is 7.11 Å². The molecule has 0 aliphatic carbocycles. The van der Waals surface area contributed by atoms with Crippen molar-refractivity contribution in [1.29, 1.82) is 0 Å². The minimum absolute atomic E-state index is 0.242. The van der Waals surface area contributed by atoms with Crippen molar-refractivity contribution in [2.45, 2.75) is 13.3 Å². The van der Waals surface area contributed by atoms with E-state index in [1.54, 1.807) is 0 Å². The maximum absolute atomic E-state index is 11.4. The van der Waals surface area contributed by atoms with E-state index in [0.717, 1.165) is 24.6 Å². The number of halogens is 1. The molecule has 1 aliphatic heterocycles. The summed E-state index contributed by atoms with van der Waals surface area (Å²) in [5.74, 6) is 0.255. The molecular formula is C10H13ClN2O2S. The van der Waals surface area contributed by atoms with E-state index in [-0.39, 0.29) is 5.15 Å². The van der Waals surface area contributed by atoms with Crippen molar-refractivity contribution in [3.8, 4) is 0 Å². The highest BCUT2D eigenvalue weighted by molar-refractivity contribution is 7.18. The highest BCUT2D eigenvalue weighted by Crippen LogP contribution is 2.32. The van der Waals surface area contributed by atoms with Crippen molar-refractivity contribution in [1.82, 2.24) is 4.98 Å². The van der Waals surface area contributed by atoms with E-state index in [2.05, 4.69) is 21.5 Å². The fraction of sp³-hybridized carbons (Fsp3) is 0.600. The summed E-state index contributed by atoms with van der Waals surface area (Å²) in [6.45, 7) is 4.16. The van der Waals surface area contributed by atoms with Gasteiger partial charge in [0.25, 0.3) is 0 Å². The Hall–Kier alpha value is -0.810. The summed E-state index contributed by atoms with van der Waals surface area (Å²) >= 11 is 7.21. The van der Waals surface area contributed by atoms with Gasteiger partial charge in [-0.15, -0.1) is 0 Å². The number of methoxy groups -OCH3 is 1. The fourth-order valence-corrected chi connectivity index (χ4v) is 2.99. The smallest absolute Gasteiger partial charge is 0.351 e. The van der Waals surface area contributed by atoms with Crippen LogP contribution in [0.3, 0.4) is 0 Å². The van der Waals surface area contributed by atoms with Crippen LogP contribution in [0.4, 0.5) is 5.13 Å². The van der Waals surface area contributed by atoms with Gasteiger partial charge in [0.1, 0.15) is 0 Å². The lowest BCUT2D eigenvalue weighted by Gasteiger charge is -2.12. The fourth-order valence-electron chi connectivity index (χ4n) is 1.75. The van der Waals surface area contributed by atoms with Crippen molar-refractivity contribution in [3.63, 3.8) is 0 Å². The summed E-state index contributed by atoms with van der Waals surface area (Å²) in [7, 11) is 1.34. The van der Waals surface area contributed by atoms with Crippen LogP contribution < -0.4 is 4.90 Å². The van der Waals surface area contributed by atoms with Gasteiger partial charge in [-0.2, -0.15) is 0 Å². The third kappa shape index (κ3) is 2.15. The number of hydrogen-bond donors (Lipinski definition) is 0. The Morgan fingerprint density at radius 1 is 1.69 bits per heavy atom. The first-order valence-electron chi connectivity index (χ1n) is 5.11. The molecule has 6 heteroatoms. The van der Waals surface area contributed by atoms with Crippen LogP contribution in [0.2, 0.25) is 5.15 Å². The van der Waals surface area contributed by atoms with E-state index in [4.69, 9.17) is 11.6 Å². The molecule has 0 bridgehead atoms. The van der Waals surface area contributed by atoms with Crippen LogP contribution in [0.5, 0.6) is 0 Å². The molecule has 4 nitrogen and oxygen atoms in total. The van der Waals surface area contributed by atoms with Gasteiger partial charge in [0.15, 0.2) is 15.2 Å². The second-order valence-corrected chi connectivity index (χ2v) is 5.28. The molecule has 0 N–H and O–H groups in total. The van der Waals surface area contributed by atoms with Gasteiger partial charge in [-0.3, -0.25) is 0 Å². The van der Waals surface area contributed by atoms with Crippen LogP contribution in [-0.2, 0) is 4.74 Å². The van der Waals surface area contributed by atoms with Crippen LogP contribution in [0, 0.1) is 5.92 Å². The summed E-state index contributed by atoms with van der Waals surface area (Å²) in [6.07, 6.45) is 1.16. The number of anilines is 1. The van der Waals surface area contributed by atoms with Crippen LogP contribution >= 0.6 is 22.9 Å². The molecule has 0 amide bonds. The third-order valence-corrected chi connectivity index (χ3v) is 4.12. The predicted octanol–water partition coefficient (Wildman–Crippen LogP) is 2.43. The van der Waals surface area contributed by atoms with Crippen LogP contribution in [0.15, 0.2) is 0 Å². The van der Waals surface area contributed by atoms with Crippen molar-refractivity contribution in [3.05, 3.63) is 10.0 Å². The molecular weight excluding hydrogens is 248 g/mol. The van der Waals surface area contributed by atoms with E-state index in [0.29, 0.717) is 10.8 Å². The molecule has 1 saturated heterocycles. The van der Waals surface area contributed by atoms with Gasteiger partial charge in [-0.05, 0) is 12.3 Å². The van der Waals surface area contributed by atoms with Crippen LogP contribution in [0.25, 0.3) is 0 Å². The Morgan fingerprint density at radius 3 is 3.00 bits per heavy atom. The lowest BCUT2D eigenvalue weighted by Crippen LogP contribution is -2.18. The van der Waals surface area contributed by atoms with Gasteiger partial charge in [-0.25, -0.2) is 9.78 Å². The summed E-state index contributed by atoms with van der Waals surface area (Å²) < 4.78 is 4.64. The summed E-state index contributed by atoms with van der Waals surface area (Å²) in [5, 5.41) is 1.06. The molecule has 2 heterocycles. The van der Waals surface area contributed by atoms with Crippen molar-refractivity contribution < 1.29 is 9.53 Å². The molecule has 2 rings (SSSR count). The van der Waals surface area contributed by atoms with Gasteiger partial charge in [0.2, 0.25) is 0 Å². The monoisotopic (exact) mass is 260 g/mol. The normalized spacial score (nSPS) is 20.2. The average Bonchev–Trinajstić information content (AvgIpc) is 2.83. The Labute approximate surface area is 103 Å². The number of carbonyl (C=O) groups is 1. The van der Waals surface area contributed by atoms with Gasteiger partial charge >= 0.3 is 5.97 Å². The Kier molecular flexibility index (Phi) is 3.35. The minimum Gasteiger partial charge on any atom is -0.465 e. The average molecular weight is 261 g/mol. The first kappa shape index (κ1) is 11.7. The molecule has 0 radical (unpaired) electrons. The number of esters is 1. The molecule has 0 aromatic carbocycles. The van der Waals surface area contributed by atoms with Crippen LogP contribution in [0.1, 0.15) is 23.0 Å². The number of hydrogen-bond acceptors (Lipinski definition) is 5. The zero-order chi connectivity index (χ0) is 11.7. The summed E-state index contributed by atoms with van der Waals surface area (Å²) in [4.78, 5) is 18.1. The highest BCUT2D eigenvalue weighted by atomic mass is 35.5. The molecule has 88 valence electrons. The van der Waals surface area contributed by atoms with Crippen molar-refractivity contribution in [2.75, 3.05) is 25.1 Å². The Balaban J connectivity index is 2.20. The molecule has 16 heavy (non-hydrogen) atoms. The van der Waals surface area contributed by atoms with E-state index < -0.39 is 5.97 Å². The molecule has 1 aliphatic rings. The first-order chi connectivity index (χ1) is 7.61. The predicted molar refractivity (Wildman–Crippen MR) is 64.5 cm³/mol. The summed E-state index contributed by atoms with van der Waals surface area (Å²) in [5.41, 5.74) is 0. The third-order valence-electron chi connectivity index (χ3n) is 2.64. The molecule has 0 saturated carbocycles. The van der Waals surface area contributed by atoms with E-state index in [9.17, 15) is 4.79 Å². The lowest BCUT2D eigenvalue weighted by molar-refractivity contribution is 0.0606. The first-order valence-corrected chi connectivity index (χ1v) is 6.31. The lowest BCUT2D eigenvalue weighted by atomic mass is 10.2. The number of nitrogens with zero attached hydrogens (tertiary/aromatic N) is 2. The highest BCUT2D eigenvalue weighted by Gasteiger charge is 2.25. The molecule has 1 aromatic rings. The maximum Gasteiger partial charge on any atom is 0.351 e. The zero-order valence-electron chi connectivity index (χ0n) is 9.20. The Morgan fingerprint density at radius 2 is 2.44 bits per heavy atom.